The third-order valence-electron chi connectivity index (χ3n) is 3.44. The molecule has 0 saturated heterocycles. The van der Waals surface area contributed by atoms with Crippen LogP contribution in [0.15, 0.2) is 58.3 Å². The van der Waals surface area contributed by atoms with Crippen LogP contribution in [-0.4, -0.2) is 55.3 Å². The maximum Gasteiger partial charge on any atom is 2.00 e. The van der Waals surface area contributed by atoms with Gasteiger partial charge in [-0.1, -0.05) is 64.1 Å². The van der Waals surface area contributed by atoms with Gasteiger partial charge in [-0.25, -0.2) is 0 Å². The Morgan fingerprint density at radius 2 is 0.960 bits per heavy atom. The molecule has 7 heteroatoms. The van der Waals surface area contributed by atoms with Crippen molar-refractivity contribution < 1.29 is 17.5 Å². The van der Waals surface area contributed by atoms with Crippen LogP contribution in [0.2, 0.25) is 0 Å². The molecule has 0 spiro atoms. The quantitative estimate of drug-likeness (QED) is 0.572. The fourth-order valence-corrected chi connectivity index (χ4v) is 3.59. The molecule has 2 aromatic carbocycles. The van der Waals surface area contributed by atoms with Crippen LogP contribution in [0.3, 0.4) is 0 Å². The second-order valence-electron chi connectivity index (χ2n) is 5.85. The van der Waals surface area contributed by atoms with Crippen molar-refractivity contribution >= 4 is 59.9 Å². The van der Waals surface area contributed by atoms with Crippen LogP contribution in [0, 0.1) is 0 Å². The molecule has 132 valence electrons. The van der Waals surface area contributed by atoms with Crippen LogP contribution < -0.4 is 0 Å². The second kappa shape index (κ2) is 12.3. The summed E-state index contributed by atoms with van der Waals surface area (Å²) in [7, 11) is 0. The minimum Gasteiger partial charge on any atom is -0.768 e. The van der Waals surface area contributed by atoms with E-state index in [-0.39, 0.29) is 49.6 Å². The number of hydrogen-bond acceptors (Lipinski definition) is 4. The summed E-state index contributed by atoms with van der Waals surface area (Å²) in [6, 6.07) is 14.1. The first-order valence-electron chi connectivity index (χ1n) is 7.62. The third-order valence-corrected chi connectivity index (χ3v) is 4.90. The molecule has 2 aromatic rings. The van der Waals surface area contributed by atoms with Crippen LogP contribution >= 0.6 is 0 Å². The molecule has 4 nitrogen and oxygen atoms in total. The first-order chi connectivity index (χ1) is 11.3. The Bertz CT molecular complexity index is 656. The molecule has 2 rings (SSSR count). The standard InChI is InChI=1S/2C9H12O2S.Ca/c2*1-7(2)8-5-3-4-6-9(8)12(10)11;/h2*3-7H,1-2H3,(H,10,11);/q;;+2/p-2. The average molecular weight is 407 g/mol. The molecular weight excluding hydrogens is 384 g/mol. The van der Waals surface area contributed by atoms with Crippen LogP contribution in [0.25, 0.3) is 0 Å². The van der Waals surface area contributed by atoms with Gasteiger partial charge in [-0.05, 0) is 57.3 Å². The topological polar surface area (TPSA) is 80.3 Å². The first kappa shape index (κ1) is 24.9. The van der Waals surface area contributed by atoms with Crippen LogP contribution in [0.1, 0.15) is 50.7 Å². The van der Waals surface area contributed by atoms with Gasteiger partial charge in [-0.3, -0.25) is 8.42 Å². The maximum absolute atomic E-state index is 10.7. The molecule has 0 saturated carbocycles. The molecule has 0 N–H and O–H groups in total. The van der Waals surface area contributed by atoms with E-state index in [1.165, 1.54) is 0 Å². The van der Waals surface area contributed by atoms with Gasteiger partial charge in [0.05, 0.1) is 0 Å². The van der Waals surface area contributed by atoms with E-state index < -0.39 is 22.2 Å². The fourth-order valence-electron chi connectivity index (χ4n) is 2.22. The summed E-state index contributed by atoms with van der Waals surface area (Å²) in [5.74, 6) is 0.498. The van der Waals surface area contributed by atoms with Crippen molar-refractivity contribution in [3.8, 4) is 0 Å². The van der Waals surface area contributed by atoms with Crippen LogP contribution in [-0.2, 0) is 22.2 Å². The Balaban J connectivity index is 0.000000443. The van der Waals surface area contributed by atoms with E-state index in [0.717, 1.165) is 11.1 Å². The number of benzene rings is 2. The Morgan fingerprint density at radius 3 is 1.16 bits per heavy atom. The Hall–Kier alpha value is -0.0803. The fraction of sp³-hybridized carbons (Fsp3) is 0.333. The summed E-state index contributed by atoms with van der Waals surface area (Å²) in [6.07, 6.45) is 0. The molecule has 0 fully saturated rings. The molecule has 0 aliphatic rings. The zero-order valence-electron chi connectivity index (χ0n) is 14.9. The molecule has 0 bridgehead atoms. The van der Waals surface area contributed by atoms with Crippen molar-refractivity contribution in [3.63, 3.8) is 0 Å². The molecule has 0 aromatic heterocycles. The van der Waals surface area contributed by atoms with E-state index in [4.69, 9.17) is 0 Å². The van der Waals surface area contributed by atoms with Crippen molar-refractivity contribution in [3.05, 3.63) is 59.7 Å². The molecule has 25 heavy (non-hydrogen) atoms. The maximum atomic E-state index is 10.7. The molecule has 0 aliphatic carbocycles. The average Bonchev–Trinajstić information content (AvgIpc) is 2.55. The predicted molar refractivity (Wildman–Crippen MR) is 101 cm³/mol. The summed E-state index contributed by atoms with van der Waals surface area (Å²) in [4.78, 5) is 0.819. The van der Waals surface area contributed by atoms with Gasteiger partial charge in [-0.15, -0.1) is 0 Å². The predicted octanol–water partition coefficient (Wildman–Crippen LogP) is 3.72. The molecule has 2 unspecified atom stereocenters. The molecule has 0 heterocycles. The summed E-state index contributed by atoms with van der Waals surface area (Å²) in [5.41, 5.74) is 1.76. The van der Waals surface area contributed by atoms with E-state index >= 15 is 0 Å². The van der Waals surface area contributed by atoms with Crippen molar-refractivity contribution in [2.24, 2.45) is 0 Å². The summed E-state index contributed by atoms with van der Waals surface area (Å²) < 4.78 is 42.9. The summed E-state index contributed by atoms with van der Waals surface area (Å²) >= 11 is -4.22. The van der Waals surface area contributed by atoms with Gasteiger partial charge in [0, 0.05) is 9.79 Å². The van der Waals surface area contributed by atoms with Crippen LogP contribution in [0.5, 0.6) is 0 Å². The normalized spacial score (nSPS) is 12.8. The Morgan fingerprint density at radius 1 is 0.680 bits per heavy atom. The first-order valence-corrected chi connectivity index (χ1v) is 9.77. The van der Waals surface area contributed by atoms with E-state index in [2.05, 4.69) is 0 Å². The minimum absolute atomic E-state index is 0. The molecule has 0 aliphatic heterocycles. The molecule has 0 radical (unpaired) electrons. The van der Waals surface area contributed by atoms with Gasteiger partial charge in [-0.2, -0.15) is 0 Å². The third kappa shape index (κ3) is 7.99. The summed E-state index contributed by atoms with van der Waals surface area (Å²) in [6.45, 7) is 7.91. The van der Waals surface area contributed by atoms with E-state index in [0.29, 0.717) is 9.79 Å². The van der Waals surface area contributed by atoms with Crippen molar-refractivity contribution in [2.45, 2.75) is 49.3 Å². The van der Waals surface area contributed by atoms with Crippen molar-refractivity contribution in [2.75, 3.05) is 0 Å². The van der Waals surface area contributed by atoms with E-state index in [9.17, 15) is 17.5 Å². The second-order valence-corrected chi connectivity index (χ2v) is 7.67. The monoisotopic (exact) mass is 406 g/mol. The Kier molecular flexibility index (Phi) is 12.3. The van der Waals surface area contributed by atoms with Crippen molar-refractivity contribution in [1.82, 2.24) is 0 Å². The number of hydrogen-bond donors (Lipinski definition) is 0. The van der Waals surface area contributed by atoms with Gasteiger partial charge >= 0.3 is 37.7 Å². The van der Waals surface area contributed by atoms with E-state index in [1.54, 1.807) is 24.3 Å². The minimum atomic E-state index is -2.11. The van der Waals surface area contributed by atoms with Crippen LogP contribution in [0.4, 0.5) is 0 Å². The van der Waals surface area contributed by atoms with E-state index in [1.807, 2.05) is 52.0 Å². The largest absolute Gasteiger partial charge is 2.00 e. The van der Waals surface area contributed by atoms with Gasteiger partial charge in [0.2, 0.25) is 0 Å². The SMILES string of the molecule is CC(C)c1ccccc1S(=O)[O-].CC(C)c1ccccc1S(=O)[O-].[Ca+2]. The van der Waals surface area contributed by atoms with Crippen molar-refractivity contribution in [1.29, 1.82) is 0 Å². The van der Waals surface area contributed by atoms with Gasteiger partial charge in [0.25, 0.3) is 0 Å². The Labute approximate surface area is 185 Å². The summed E-state index contributed by atoms with van der Waals surface area (Å²) in [5, 5.41) is 0. The molecule has 2 atom stereocenters. The molecule has 0 amide bonds. The smallest absolute Gasteiger partial charge is 0.768 e. The van der Waals surface area contributed by atoms with Gasteiger partial charge in [0.1, 0.15) is 0 Å². The zero-order chi connectivity index (χ0) is 18.3. The molecular formula is C18H22CaO4S2. The number of rotatable bonds is 4. The van der Waals surface area contributed by atoms with Gasteiger partial charge in [0.15, 0.2) is 0 Å². The zero-order valence-corrected chi connectivity index (χ0v) is 18.8. The van der Waals surface area contributed by atoms with Gasteiger partial charge < -0.3 is 9.11 Å².